The number of pyridine rings is 1. The minimum Gasteiger partial charge on any atom is -0.481 e. The second-order valence-electron chi connectivity index (χ2n) is 11.4. The minimum atomic E-state index is -3.72. The van der Waals surface area contributed by atoms with E-state index in [1.54, 1.807) is 7.05 Å². The number of aryl methyl sites for hydroxylation is 1. The molecule has 1 saturated carbocycles. The Bertz CT molecular complexity index is 1550. The van der Waals surface area contributed by atoms with E-state index in [-0.39, 0.29) is 29.8 Å². The largest absolute Gasteiger partial charge is 0.481 e. The Hall–Kier alpha value is -3.28. The number of nitrogens with zero attached hydrogens (tertiary/aromatic N) is 1. The fourth-order valence-corrected chi connectivity index (χ4v) is 6.91. The maximum Gasteiger partial charge on any atom is 0.309 e. The third-order valence-electron chi connectivity index (χ3n) is 8.53. The van der Waals surface area contributed by atoms with Crippen LogP contribution in [0.2, 0.25) is 0 Å². The molecule has 3 N–H and O–H groups in total. The van der Waals surface area contributed by atoms with Crippen molar-refractivity contribution in [3.63, 3.8) is 0 Å². The summed E-state index contributed by atoms with van der Waals surface area (Å²) < 4.78 is 40.4. The molecule has 1 aromatic carbocycles. The van der Waals surface area contributed by atoms with Gasteiger partial charge in [-0.25, -0.2) is 18.1 Å². The minimum absolute atomic E-state index is 0.193. The predicted molar refractivity (Wildman–Crippen MR) is 159 cm³/mol. The fourth-order valence-electron chi connectivity index (χ4n) is 5.76. The zero-order chi connectivity index (χ0) is 29.9. The molecule has 0 unspecified atom stereocenters. The summed E-state index contributed by atoms with van der Waals surface area (Å²) >= 11 is 0. The van der Waals surface area contributed by atoms with Crippen molar-refractivity contribution in [3.05, 3.63) is 52.7 Å². The lowest BCUT2D eigenvalue weighted by atomic mass is 9.76. The summed E-state index contributed by atoms with van der Waals surface area (Å²) in [5.41, 5.74) is 3.00. The number of carboxylic acids is 1. The first-order valence-electron chi connectivity index (χ1n) is 14.7. The zero-order valence-electron chi connectivity index (χ0n) is 24.2. The number of aliphatic carboxylic acids is 1. The first-order valence-corrected chi connectivity index (χ1v) is 16.4. The lowest BCUT2D eigenvalue weighted by molar-refractivity contribution is -0.155. The molecule has 3 aromatic rings. The Labute approximate surface area is 246 Å². The Morgan fingerprint density at radius 2 is 1.83 bits per heavy atom. The highest BCUT2D eigenvalue weighted by molar-refractivity contribution is 7.88. The predicted octanol–water partition coefficient (Wildman–Crippen LogP) is 4.77. The van der Waals surface area contributed by atoms with Crippen LogP contribution in [0.5, 0.6) is 0 Å². The molecule has 42 heavy (non-hydrogen) atoms. The first-order chi connectivity index (χ1) is 20.2. The molecule has 1 amide bonds. The van der Waals surface area contributed by atoms with Crippen molar-refractivity contribution in [1.29, 1.82) is 0 Å². The standard InChI is InChI=1S/C31H39N3O7S/c1-3-20-6-8-22(9-7-20)27-26(28(35)32-2)24-18-23(21-10-11-21)25(34-29(24)41-27)19-42(38,39)33-15-5-4-12-31(30(36)37)13-16-40-17-14-31/h6-9,18,21,33H,3-5,10-17,19H2,1-2H3,(H,32,35)(H,36,37). The van der Waals surface area contributed by atoms with Crippen molar-refractivity contribution in [2.24, 2.45) is 5.41 Å². The van der Waals surface area contributed by atoms with Gasteiger partial charge in [-0.15, -0.1) is 0 Å². The summed E-state index contributed by atoms with van der Waals surface area (Å²) in [6.45, 7) is 3.16. The maximum atomic E-state index is 13.1. The van der Waals surface area contributed by atoms with E-state index >= 15 is 0 Å². The van der Waals surface area contributed by atoms with Gasteiger partial charge in [-0.3, -0.25) is 9.59 Å². The lowest BCUT2D eigenvalue weighted by Gasteiger charge is -2.33. The van der Waals surface area contributed by atoms with E-state index in [2.05, 4.69) is 21.9 Å². The van der Waals surface area contributed by atoms with Crippen LogP contribution >= 0.6 is 0 Å². The fraction of sp³-hybridized carbons (Fsp3) is 0.516. The highest BCUT2D eigenvalue weighted by atomic mass is 32.2. The Kier molecular flexibility index (Phi) is 9.00. The number of hydrogen-bond donors (Lipinski definition) is 3. The van der Waals surface area contributed by atoms with Gasteiger partial charge < -0.3 is 19.6 Å². The van der Waals surface area contributed by atoms with Crippen LogP contribution in [-0.4, -0.2) is 57.2 Å². The summed E-state index contributed by atoms with van der Waals surface area (Å²) in [5, 5.41) is 13.0. The van der Waals surface area contributed by atoms with Gasteiger partial charge in [0.1, 0.15) is 11.5 Å². The van der Waals surface area contributed by atoms with Crippen LogP contribution in [0.25, 0.3) is 22.4 Å². The van der Waals surface area contributed by atoms with Crippen molar-refractivity contribution < 1.29 is 32.3 Å². The maximum absolute atomic E-state index is 13.1. The molecule has 11 heteroatoms. The van der Waals surface area contributed by atoms with E-state index in [1.807, 2.05) is 30.3 Å². The van der Waals surface area contributed by atoms with E-state index in [0.29, 0.717) is 67.7 Å². The van der Waals surface area contributed by atoms with Crippen LogP contribution in [-0.2, 0) is 31.7 Å². The molecule has 0 atom stereocenters. The Morgan fingerprint density at radius 1 is 1.12 bits per heavy atom. The van der Waals surface area contributed by atoms with Gasteiger partial charge in [0.05, 0.1) is 22.1 Å². The second-order valence-corrected chi connectivity index (χ2v) is 13.2. The summed E-state index contributed by atoms with van der Waals surface area (Å²) in [7, 11) is -2.15. The topological polar surface area (TPSA) is 148 Å². The quantitative estimate of drug-likeness (QED) is 0.239. The van der Waals surface area contributed by atoms with Crippen molar-refractivity contribution in [2.45, 2.75) is 70.0 Å². The van der Waals surface area contributed by atoms with Crippen LogP contribution < -0.4 is 10.0 Å². The second kappa shape index (κ2) is 12.5. The van der Waals surface area contributed by atoms with Gasteiger partial charge in [-0.05, 0) is 68.1 Å². The summed E-state index contributed by atoms with van der Waals surface area (Å²) in [5.74, 6) is -0.804. The average Bonchev–Trinajstić information content (AvgIpc) is 3.76. The molecule has 2 aliphatic rings. The number of ether oxygens (including phenoxy) is 1. The number of rotatable bonds is 13. The number of carbonyl (C=O) groups excluding carboxylic acids is 1. The average molecular weight is 598 g/mol. The van der Waals surface area contributed by atoms with Gasteiger partial charge in [-0.2, -0.15) is 0 Å². The number of hydrogen-bond acceptors (Lipinski definition) is 7. The molecule has 0 radical (unpaired) electrons. The number of amides is 1. The van der Waals surface area contributed by atoms with E-state index in [9.17, 15) is 23.1 Å². The molecule has 1 saturated heterocycles. The van der Waals surface area contributed by atoms with Crippen LogP contribution in [0.4, 0.5) is 0 Å². The number of furan rings is 1. The van der Waals surface area contributed by atoms with Crippen LogP contribution in [0.1, 0.15) is 85.0 Å². The van der Waals surface area contributed by atoms with Gasteiger partial charge in [-0.1, -0.05) is 37.6 Å². The number of nitrogens with one attached hydrogen (secondary N) is 2. The van der Waals surface area contributed by atoms with Gasteiger partial charge in [0.15, 0.2) is 0 Å². The number of fused-ring (bicyclic) bond motifs is 1. The SMILES string of the molecule is CCc1ccc(-c2oc3nc(CS(=O)(=O)NCCCCC4(C(=O)O)CCOCC4)c(C4CC4)cc3c2C(=O)NC)cc1. The Balaban J connectivity index is 1.34. The number of unbranched alkanes of at least 4 members (excludes halogenated alkanes) is 1. The molecule has 10 nitrogen and oxygen atoms in total. The summed E-state index contributed by atoms with van der Waals surface area (Å²) in [6, 6.07) is 9.70. The molecular weight excluding hydrogens is 558 g/mol. The van der Waals surface area contributed by atoms with Gasteiger partial charge in [0.2, 0.25) is 15.7 Å². The van der Waals surface area contributed by atoms with Gasteiger partial charge in [0, 0.05) is 32.4 Å². The third-order valence-corrected chi connectivity index (χ3v) is 9.82. The van der Waals surface area contributed by atoms with E-state index < -0.39 is 21.4 Å². The number of benzene rings is 1. The van der Waals surface area contributed by atoms with Crippen LogP contribution in [0.15, 0.2) is 34.7 Å². The van der Waals surface area contributed by atoms with Crippen LogP contribution in [0, 0.1) is 5.41 Å². The number of carboxylic acid groups (broad SMARTS) is 1. The van der Waals surface area contributed by atoms with Gasteiger partial charge in [0.25, 0.3) is 5.91 Å². The molecule has 226 valence electrons. The van der Waals surface area contributed by atoms with Crippen LogP contribution in [0.3, 0.4) is 0 Å². The third kappa shape index (κ3) is 6.53. The zero-order valence-corrected chi connectivity index (χ0v) is 25.0. The highest BCUT2D eigenvalue weighted by Crippen LogP contribution is 2.44. The molecule has 5 rings (SSSR count). The Morgan fingerprint density at radius 3 is 2.45 bits per heavy atom. The first kappa shape index (κ1) is 30.2. The van der Waals surface area contributed by atoms with Crippen molar-refractivity contribution in [3.8, 4) is 11.3 Å². The molecule has 0 bridgehead atoms. The van der Waals surface area contributed by atoms with E-state index in [0.717, 1.165) is 36.0 Å². The molecular formula is C31H39N3O7S. The van der Waals surface area contributed by atoms with Crippen molar-refractivity contribution >= 4 is 33.0 Å². The molecule has 1 aliphatic heterocycles. The lowest BCUT2D eigenvalue weighted by Crippen LogP contribution is -2.37. The van der Waals surface area contributed by atoms with Crippen molar-refractivity contribution in [1.82, 2.24) is 15.0 Å². The number of carbonyl (C=O) groups is 2. The van der Waals surface area contributed by atoms with E-state index in [1.165, 1.54) is 0 Å². The highest BCUT2D eigenvalue weighted by Gasteiger charge is 2.39. The summed E-state index contributed by atoms with van der Waals surface area (Å²) in [4.78, 5) is 29.5. The smallest absolute Gasteiger partial charge is 0.309 e. The molecule has 0 spiro atoms. The monoisotopic (exact) mass is 597 g/mol. The number of aromatic nitrogens is 1. The van der Waals surface area contributed by atoms with Crippen molar-refractivity contribution in [2.75, 3.05) is 26.8 Å². The van der Waals surface area contributed by atoms with E-state index in [4.69, 9.17) is 9.15 Å². The molecule has 2 aromatic heterocycles. The molecule has 3 heterocycles. The normalized spacial score (nSPS) is 16.9. The summed E-state index contributed by atoms with van der Waals surface area (Å²) in [6.07, 6.45) is 5.34. The molecule has 2 fully saturated rings. The molecule has 1 aliphatic carbocycles. The van der Waals surface area contributed by atoms with Gasteiger partial charge >= 0.3 is 5.97 Å². The number of sulfonamides is 1.